The Hall–Kier alpha value is -1.43. The Bertz CT molecular complexity index is 238. The van der Waals surface area contributed by atoms with Crippen LogP contribution in [0.4, 0.5) is 0 Å². The van der Waals surface area contributed by atoms with E-state index in [1.165, 1.54) is 6.21 Å². The highest BCUT2D eigenvalue weighted by Crippen LogP contribution is 2.11. The average molecular weight is 172 g/mol. The van der Waals surface area contributed by atoms with Crippen molar-refractivity contribution < 1.29 is 19.5 Å². The van der Waals surface area contributed by atoms with Crippen LogP contribution in [0, 0.1) is 5.92 Å². The minimum Gasteiger partial charge on any atom is -0.480 e. The molecule has 6 nitrogen and oxygen atoms in total. The van der Waals surface area contributed by atoms with Gasteiger partial charge in [-0.3, -0.25) is 4.79 Å². The van der Waals surface area contributed by atoms with Crippen molar-refractivity contribution >= 4 is 18.2 Å². The Morgan fingerprint density at radius 1 is 1.92 bits per heavy atom. The second kappa shape index (κ2) is 3.31. The lowest BCUT2D eigenvalue weighted by Crippen LogP contribution is -2.34. The van der Waals surface area contributed by atoms with E-state index in [4.69, 9.17) is 10.8 Å². The number of carboxylic acid groups (broad SMARTS) is 1. The van der Waals surface area contributed by atoms with E-state index in [9.17, 15) is 9.59 Å². The van der Waals surface area contributed by atoms with Gasteiger partial charge >= 0.3 is 11.9 Å². The fraction of sp³-hybridized carbons (Fsp3) is 0.500. The van der Waals surface area contributed by atoms with Crippen molar-refractivity contribution in [2.24, 2.45) is 16.8 Å². The van der Waals surface area contributed by atoms with Gasteiger partial charge in [0.15, 0.2) is 0 Å². The fourth-order valence-electron chi connectivity index (χ4n) is 0.816. The van der Waals surface area contributed by atoms with Crippen molar-refractivity contribution in [2.75, 3.05) is 0 Å². The lowest BCUT2D eigenvalue weighted by atomic mass is 10.0. The normalized spacial score (nSPS) is 23.8. The molecule has 0 bridgehead atoms. The molecule has 0 fully saturated rings. The Morgan fingerprint density at radius 3 is 3.00 bits per heavy atom. The lowest BCUT2D eigenvalue weighted by molar-refractivity contribution is -0.144. The Balaban J connectivity index is 2.45. The number of carbonyl (C=O) groups excluding carboxylic acids is 1. The smallest absolute Gasteiger partial charge is 0.343 e. The molecule has 0 saturated heterocycles. The number of oxime groups is 1. The molecule has 12 heavy (non-hydrogen) atoms. The highest BCUT2D eigenvalue weighted by atomic mass is 16.7. The van der Waals surface area contributed by atoms with Crippen LogP contribution in [-0.4, -0.2) is 29.3 Å². The van der Waals surface area contributed by atoms with Crippen molar-refractivity contribution in [1.82, 2.24) is 0 Å². The summed E-state index contributed by atoms with van der Waals surface area (Å²) < 4.78 is 0. The highest BCUT2D eigenvalue weighted by molar-refractivity contribution is 5.93. The summed E-state index contributed by atoms with van der Waals surface area (Å²) in [5.74, 6) is -2.30. The Kier molecular flexibility index (Phi) is 2.39. The molecule has 0 aliphatic carbocycles. The van der Waals surface area contributed by atoms with Gasteiger partial charge in [0.2, 0.25) is 0 Å². The van der Waals surface area contributed by atoms with Gasteiger partial charge in [-0.2, -0.15) is 0 Å². The van der Waals surface area contributed by atoms with Crippen LogP contribution in [-0.2, 0) is 14.4 Å². The number of nitrogens with two attached hydrogens (primary N) is 1. The molecule has 1 aliphatic rings. The molecule has 0 aromatic carbocycles. The first-order valence-electron chi connectivity index (χ1n) is 3.34. The molecule has 0 spiro atoms. The number of rotatable bonds is 3. The van der Waals surface area contributed by atoms with Gasteiger partial charge in [-0.25, -0.2) is 4.79 Å². The summed E-state index contributed by atoms with van der Waals surface area (Å²) in [6, 6.07) is -1.05. The maximum absolute atomic E-state index is 10.7. The van der Waals surface area contributed by atoms with Crippen molar-refractivity contribution in [3.8, 4) is 0 Å². The maximum Gasteiger partial charge on any atom is 0.343 e. The molecule has 1 aliphatic heterocycles. The summed E-state index contributed by atoms with van der Waals surface area (Å²) in [5.41, 5.74) is 5.19. The second-order valence-electron chi connectivity index (χ2n) is 2.45. The molecular formula is C6H8N2O4. The minimum absolute atomic E-state index is 0.0255. The van der Waals surface area contributed by atoms with E-state index in [2.05, 4.69) is 9.99 Å². The van der Waals surface area contributed by atoms with Crippen LogP contribution in [0.1, 0.15) is 6.42 Å². The zero-order chi connectivity index (χ0) is 9.14. The molecule has 0 radical (unpaired) electrons. The molecular weight excluding hydrogens is 164 g/mol. The van der Waals surface area contributed by atoms with Crippen LogP contribution < -0.4 is 5.73 Å². The van der Waals surface area contributed by atoms with E-state index < -0.39 is 23.9 Å². The number of carbonyl (C=O) groups is 2. The molecule has 66 valence electrons. The summed E-state index contributed by atoms with van der Waals surface area (Å²) in [7, 11) is 0. The first kappa shape index (κ1) is 8.66. The third kappa shape index (κ3) is 1.79. The van der Waals surface area contributed by atoms with Crippen LogP contribution in [0.5, 0.6) is 0 Å². The second-order valence-corrected chi connectivity index (χ2v) is 2.45. The molecule has 0 aromatic heterocycles. The standard InChI is InChI=1S/C6H8N2O4/c7-4(5(9)10)1-3-2-8-12-6(3)11/h2-4H,1,7H2,(H,9,10). The number of aliphatic carboxylic acids is 1. The van der Waals surface area contributed by atoms with Crippen molar-refractivity contribution in [2.45, 2.75) is 12.5 Å². The molecule has 2 unspecified atom stereocenters. The maximum atomic E-state index is 10.7. The largest absolute Gasteiger partial charge is 0.480 e. The van der Waals surface area contributed by atoms with Gasteiger partial charge in [-0.1, -0.05) is 5.16 Å². The number of hydrogen-bond acceptors (Lipinski definition) is 5. The summed E-state index contributed by atoms with van der Waals surface area (Å²) in [6.07, 6.45) is 1.28. The Morgan fingerprint density at radius 2 is 2.58 bits per heavy atom. The van der Waals surface area contributed by atoms with E-state index in [-0.39, 0.29) is 6.42 Å². The van der Waals surface area contributed by atoms with Gasteiger partial charge < -0.3 is 15.7 Å². The van der Waals surface area contributed by atoms with Gasteiger partial charge in [-0.05, 0) is 6.42 Å². The van der Waals surface area contributed by atoms with Crippen LogP contribution in [0.3, 0.4) is 0 Å². The lowest BCUT2D eigenvalue weighted by Gasteiger charge is -2.06. The molecule has 0 aromatic rings. The molecule has 6 heteroatoms. The summed E-state index contributed by atoms with van der Waals surface area (Å²) >= 11 is 0. The van der Waals surface area contributed by atoms with Crippen molar-refractivity contribution in [3.63, 3.8) is 0 Å². The van der Waals surface area contributed by atoms with Crippen molar-refractivity contribution in [1.29, 1.82) is 0 Å². The topological polar surface area (TPSA) is 102 Å². The van der Waals surface area contributed by atoms with Crippen LogP contribution in [0.15, 0.2) is 5.16 Å². The summed E-state index contributed by atoms with van der Waals surface area (Å²) in [5, 5.41) is 11.6. The third-order valence-corrected chi connectivity index (χ3v) is 1.51. The summed E-state index contributed by atoms with van der Waals surface area (Å²) in [4.78, 5) is 25.2. The molecule has 1 heterocycles. The van der Waals surface area contributed by atoms with E-state index in [1.807, 2.05) is 0 Å². The van der Waals surface area contributed by atoms with Gasteiger partial charge in [-0.15, -0.1) is 0 Å². The van der Waals surface area contributed by atoms with Crippen molar-refractivity contribution in [3.05, 3.63) is 0 Å². The van der Waals surface area contributed by atoms with E-state index in [0.29, 0.717) is 0 Å². The third-order valence-electron chi connectivity index (χ3n) is 1.51. The molecule has 2 atom stereocenters. The zero-order valence-electron chi connectivity index (χ0n) is 6.14. The van der Waals surface area contributed by atoms with Gasteiger partial charge in [0.05, 0.1) is 6.21 Å². The van der Waals surface area contributed by atoms with E-state index in [0.717, 1.165) is 0 Å². The molecule has 0 saturated carbocycles. The minimum atomic E-state index is -1.14. The van der Waals surface area contributed by atoms with E-state index in [1.54, 1.807) is 0 Å². The molecule has 3 N–H and O–H groups in total. The zero-order valence-corrected chi connectivity index (χ0v) is 6.14. The number of hydrogen-bond donors (Lipinski definition) is 2. The number of carboxylic acids is 1. The fourth-order valence-corrected chi connectivity index (χ4v) is 0.816. The van der Waals surface area contributed by atoms with Gasteiger partial charge in [0.1, 0.15) is 12.0 Å². The SMILES string of the molecule is NC(CC1C=NOC1=O)C(=O)O. The Labute approximate surface area is 68.0 Å². The quantitative estimate of drug-likeness (QED) is 0.528. The van der Waals surface area contributed by atoms with Crippen LogP contribution >= 0.6 is 0 Å². The highest BCUT2D eigenvalue weighted by Gasteiger charge is 2.28. The predicted molar refractivity (Wildman–Crippen MR) is 38.3 cm³/mol. The first-order chi connectivity index (χ1) is 5.61. The molecule has 1 rings (SSSR count). The predicted octanol–water partition coefficient (Wildman–Crippen LogP) is -1.05. The van der Waals surface area contributed by atoms with Gasteiger partial charge in [0, 0.05) is 0 Å². The van der Waals surface area contributed by atoms with Crippen LogP contribution in [0.25, 0.3) is 0 Å². The monoisotopic (exact) mass is 172 g/mol. The van der Waals surface area contributed by atoms with E-state index >= 15 is 0 Å². The summed E-state index contributed by atoms with van der Waals surface area (Å²) in [6.45, 7) is 0. The average Bonchev–Trinajstić information content (AvgIpc) is 2.36. The molecule has 0 amide bonds. The first-order valence-corrected chi connectivity index (χ1v) is 3.34. The number of nitrogens with zero attached hydrogens (tertiary/aromatic N) is 1. The van der Waals surface area contributed by atoms with Gasteiger partial charge in [0.25, 0.3) is 0 Å². The van der Waals surface area contributed by atoms with Crippen LogP contribution in [0.2, 0.25) is 0 Å².